The topological polar surface area (TPSA) is 36.4 Å². The Balaban J connectivity index is 2.21. The van der Waals surface area contributed by atoms with Crippen LogP contribution in [0.15, 0.2) is 18.3 Å². The van der Waals surface area contributed by atoms with Crippen LogP contribution in [0.5, 0.6) is 0 Å². The number of hydrogen-bond donors (Lipinski definition) is 1. The number of anilines is 1. The normalized spacial score (nSPS) is 22.3. The fourth-order valence-electron chi connectivity index (χ4n) is 1.54. The van der Waals surface area contributed by atoms with E-state index in [9.17, 15) is 5.11 Å². The average molecular weight is 199 g/mol. The fourth-order valence-corrected chi connectivity index (χ4v) is 1.79. The second kappa shape index (κ2) is 3.52. The summed E-state index contributed by atoms with van der Waals surface area (Å²) in [6.45, 7) is 1.47. The standard InChI is InChI=1S/C9H11ClN2O/c10-8-2-1-4-11-9(8)12-5-3-7(13)6-12/h1-2,4,7,13H,3,5-6H2/t7-/m1/s1. The van der Waals surface area contributed by atoms with Crippen molar-refractivity contribution in [1.82, 2.24) is 4.98 Å². The molecule has 1 fully saturated rings. The van der Waals surface area contributed by atoms with E-state index in [4.69, 9.17) is 11.6 Å². The van der Waals surface area contributed by atoms with Crippen molar-refractivity contribution < 1.29 is 5.11 Å². The summed E-state index contributed by atoms with van der Waals surface area (Å²) in [7, 11) is 0. The first-order chi connectivity index (χ1) is 6.27. The second-order valence-electron chi connectivity index (χ2n) is 3.20. The minimum atomic E-state index is -0.238. The van der Waals surface area contributed by atoms with Gasteiger partial charge < -0.3 is 10.0 Å². The lowest BCUT2D eigenvalue weighted by Gasteiger charge is -2.17. The van der Waals surface area contributed by atoms with Gasteiger partial charge in [-0.2, -0.15) is 0 Å². The summed E-state index contributed by atoms with van der Waals surface area (Å²) in [6.07, 6.45) is 2.27. The number of pyridine rings is 1. The Kier molecular flexibility index (Phi) is 2.38. The Labute approximate surface area is 82.0 Å². The number of rotatable bonds is 1. The summed E-state index contributed by atoms with van der Waals surface area (Å²) in [5.41, 5.74) is 0. The Morgan fingerprint density at radius 3 is 3.08 bits per heavy atom. The minimum absolute atomic E-state index is 0.238. The van der Waals surface area contributed by atoms with Crippen LogP contribution in [0.25, 0.3) is 0 Å². The highest BCUT2D eigenvalue weighted by Gasteiger charge is 2.22. The van der Waals surface area contributed by atoms with E-state index >= 15 is 0 Å². The summed E-state index contributed by atoms with van der Waals surface area (Å²) in [5.74, 6) is 0.778. The van der Waals surface area contributed by atoms with Gasteiger partial charge in [0.05, 0.1) is 11.1 Å². The summed E-state index contributed by atoms with van der Waals surface area (Å²) in [4.78, 5) is 6.18. The van der Waals surface area contributed by atoms with Gasteiger partial charge in [0, 0.05) is 19.3 Å². The lowest BCUT2D eigenvalue weighted by atomic mass is 10.3. The highest BCUT2D eigenvalue weighted by atomic mass is 35.5. The molecule has 1 aromatic rings. The quantitative estimate of drug-likeness (QED) is 0.739. The summed E-state index contributed by atoms with van der Waals surface area (Å²) in [6, 6.07) is 3.62. The molecular formula is C9H11ClN2O. The van der Waals surface area contributed by atoms with Crippen LogP contribution in [0.3, 0.4) is 0 Å². The molecule has 0 spiro atoms. The predicted octanol–water partition coefficient (Wildman–Crippen LogP) is 1.31. The maximum Gasteiger partial charge on any atom is 0.147 e. The molecule has 0 unspecified atom stereocenters. The van der Waals surface area contributed by atoms with Crippen LogP contribution in [0, 0.1) is 0 Å². The zero-order valence-corrected chi connectivity index (χ0v) is 7.91. The van der Waals surface area contributed by atoms with Crippen molar-refractivity contribution in [3.8, 4) is 0 Å². The van der Waals surface area contributed by atoms with Crippen LogP contribution >= 0.6 is 11.6 Å². The predicted molar refractivity (Wildman–Crippen MR) is 52.1 cm³/mol. The van der Waals surface area contributed by atoms with Crippen molar-refractivity contribution in [1.29, 1.82) is 0 Å². The third-order valence-electron chi connectivity index (χ3n) is 2.20. The molecule has 1 saturated heterocycles. The van der Waals surface area contributed by atoms with E-state index in [1.54, 1.807) is 12.3 Å². The number of nitrogens with zero attached hydrogens (tertiary/aromatic N) is 2. The van der Waals surface area contributed by atoms with Gasteiger partial charge in [0.1, 0.15) is 5.82 Å². The van der Waals surface area contributed by atoms with Crippen LogP contribution < -0.4 is 4.90 Å². The van der Waals surface area contributed by atoms with Gasteiger partial charge in [0.25, 0.3) is 0 Å². The van der Waals surface area contributed by atoms with Crippen LogP contribution in [0.1, 0.15) is 6.42 Å². The van der Waals surface area contributed by atoms with Crippen molar-refractivity contribution in [2.45, 2.75) is 12.5 Å². The van der Waals surface area contributed by atoms with Gasteiger partial charge in [-0.05, 0) is 18.6 Å². The Bertz CT molecular complexity index is 305. The van der Waals surface area contributed by atoms with Gasteiger partial charge in [-0.15, -0.1) is 0 Å². The van der Waals surface area contributed by atoms with Gasteiger partial charge in [0.15, 0.2) is 0 Å². The summed E-state index contributed by atoms with van der Waals surface area (Å²) >= 11 is 5.97. The molecule has 2 heterocycles. The molecule has 0 radical (unpaired) electrons. The molecule has 70 valence electrons. The Morgan fingerprint density at radius 2 is 2.46 bits per heavy atom. The maximum atomic E-state index is 9.34. The fraction of sp³-hybridized carbons (Fsp3) is 0.444. The molecule has 1 atom stereocenters. The highest BCUT2D eigenvalue weighted by Crippen LogP contribution is 2.25. The monoisotopic (exact) mass is 198 g/mol. The molecule has 1 aliphatic heterocycles. The van der Waals surface area contributed by atoms with Crippen molar-refractivity contribution in [2.24, 2.45) is 0 Å². The molecule has 0 bridgehead atoms. The minimum Gasteiger partial charge on any atom is -0.391 e. The van der Waals surface area contributed by atoms with Crippen LogP contribution in [-0.4, -0.2) is 29.3 Å². The van der Waals surface area contributed by atoms with Gasteiger partial charge in [-0.25, -0.2) is 4.98 Å². The molecule has 13 heavy (non-hydrogen) atoms. The van der Waals surface area contributed by atoms with E-state index in [1.807, 2.05) is 11.0 Å². The molecule has 1 aromatic heterocycles. The molecule has 1 aliphatic rings. The van der Waals surface area contributed by atoms with E-state index in [1.165, 1.54) is 0 Å². The SMILES string of the molecule is O[C@@H]1CCN(c2ncccc2Cl)C1. The molecule has 3 nitrogen and oxygen atoms in total. The number of aliphatic hydroxyl groups excluding tert-OH is 1. The van der Waals surface area contributed by atoms with Gasteiger partial charge in [-0.3, -0.25) is 0 Å². The largest absolute Gasteiger partial charge is 0.391 e. The van der Waals surface area contributed by atoms with E-state index in [0.29, 0.717) is 11.6 Å². The first-order valence-corrected chi connectivity index (χ1v) is 4.68. The molecule has 0 aliphatic carbocycles. The van der Waals surface area contributed by atoms with Crippen molar-refractivity contribution in [3.05, 3.63) is 23.4 Å². The third kappa shape index (κ3) is 1.76. The molecule has 2 rings (SSSR count). The van der Waals surface area contributed by atoms with Crippen LogP contribution in [-0.2, 0) is 0 Å². The van der Waals surface area contributed by atoms with E-state index in [-0.39, 0.29) is 6.10 Å². The average Bonchev–Trinajstić information content (AvgIpc) is 2.53. The zero-order valence-electron chi connectivity index (χ0n) is 7.15. The molecular weight excluding hydrogens is 188 g/mol. The van der Waals surface area contributed by atoms with Crippen LogP contribution in [0.2, 0.25) is 5.02 Å². The van der Waals surface area contributed by atoms with E-state index in [0.717, 1.165) is 18.8 Å². The number of aromatic nitrogens is 1. The van der Waals surface area contributed by atoms with E-state index < -0.39 is 0 Å². The first kappa shape index (κ1) is 8.78. The Hall–Kier alpha value is -0.800. The zero-order chi connectivity index (χ0) is 9.26. The van der Waals surface area contributed by atoms with Crippen molar-refractivity contribution in [3.63, 3.8) is 0 Å². The summed E-state index contributed by atoms with van der Waals surface area (Å²) < 4.78 is 0. The van der Waals surface area contributed by atoms with E-state index in [2.05, 4.69) is 4.98 Å². The highest BCUT2D eigenvalue weighted by molar-refractivity contribution is 6.32. The Morgan fingerprint density at radius 1 is 1.62 bits per heavy atom. The number of halogens is 1. The first-order valence-electron chi connectivity index (χ1n) is 4.31. The molecule has 0 amide bonds. The van der Waals surface area contributed by atoms with Crippen LogP contribution in [0.4, 0.5) is 5.82 Å². The molecule has 1 N–H and O–H groups in total. The number of β-amino-alcohol motifs (C(OH)–C–C–N with tert-alkyl or cyclic N) is 1. The van der Waals surface area contributed by atoms with Gasteiger partial charge in [-0.1, -0.05) is 11.6 Å². The lowest BCUT2D eigenvalue weighted by molar-refractivity contribution is 0.198. The van der Waals surface area contributed by atoms with Gasteiger partial charge >= 0.3 is 0 Å². The molecule has 0 saturated carbocycles. The van der Waals surface area contributed by atoms with Gasteiger partial charge in [0.2, 0.25) is 0 Å². The van der Waals surface area contributed by atoms with Crippen molar-refractivity contribution >= 4 is 17.4 Å². The summed E-state index contributed by atoms with van der Waals surface area (Å²) in [5, 5.41) is 9.99. The maximum absolute atomic E-state index is 9.34. The van der Waals surface area contributed by atoms with Crippen molar-refractivity contribution in [2.75, 3.05) is 18.0 Å². The molecule has 0 aromatic carbocycles. The second-order valence-corrected chi connectivity index (χ2v) is 3.60. The lowest BCUT2D eigenvalue weighted by Crippen LogP contribution is -2.22. The number of hydrogen-bond acceptors (Lipinski definition) is 3. The smallest absolute Gasteiger partial charge is 0.147 e. The third-order valence-corrected chi connectivity index (χ3v) is 2.50. The molecule has 4 heteroatoms. The number of aliphatic hydroxyl groups is 1.